The molecular formula is C21H19N5O. The normalized spacial score (nSPS) is 10.9. The van der Waals surface area contributed by atoms with Crippen LogP contribution in [-0.4, -0.2) is 45.1 Å². The van der Waals surface area contributed by atoms with Gasteiger partial charge in [-0.2, -0.15) is 5.10 Å². The van der Waals surface area contributed by atoms with Crippen LogP contribution in [0.5, 0.6) is 0 Å². The zero-order valence-electron chi connectivity index (χ0n) is 15.4. The van der Waals surface area contributed by atoms with Crippen LogP contribution in [0.25, 0.3) is 33.4 Å². The Labute approximate surface area is 156 Å². The van der Waals surface area contributed by atoms with Gasteiger partial charge in [-0.1, -0.05) is 12.1 Å². The van der Waals surface area contributed by atoms with E-state index in [2.05, 4.69) is 20.2 Å². The zero-order chi connectivity index (χ0) is 19.0. The molecule has 0 aliphatic rings. The van der Waals surface area contributed by atoms with Crippen LogP contribution in [0, 0.1) is 6.92 Å². The number of nitrogens with one attached hydrogen (secondary N) is 1. The fourth-order valence-electron chi connectivity index (χ4n) is 2.98. The maximum absolute atomic E-state index is 12.3. The molecule has 4 aromatic rings. The predicted molar refractivity (Wildman–Crippen MR) is 105 cm³/mol. The van der Waals surface area contributed by atoms with Crippen LogP contribution in [0.15, 0.2) is 54.9 Å². The molecule has 0 atom stereocenters. The lowest BCUT2D eigenvalue weighted by atomic mass is 10.0. The van der Waals surface area contributed by atoms with E-state index < -0.39 is 0 Å². The van der Waals surface area contributed by atoms with E-state index in [0.29, 0.717) is 11.2 Å². The molecule has 0 aliphatic heterocycles. The molecule has 1 aromatic carbocycles. The van der Waals surface area contributed by atoms with Crippen molar-refractivity contribution in [3.8, 4) is 22.4 Å². The third-order valence-corrected chi connectivity index (χ3v) is 4.46. The highest BCUT2D eigenvalue weighted by molar-refractivity contribution is 5.96. The van der Waals surface area contributed by atoms with Gasteiger partial charge in [-0.15, -0.1) is 0 Å². The fraction of sp³-hybridized carbons (Fsp3) is 0.143. The van der Waals surface area contributed by atoms with Crippen LogP contribution in [0.4, 0.5) is 0 Å². The second kappa shape index (κ2) is 6.64. The molecule has 1 N–H and O–H groups in total. The van der Waals surface area contributed by atoms with Crippen molar-refractivity contribution in [3.05, 3.63) is 66.1 Å². The van der Waals surface area contributed by atoms with Crippen LogP contribution < -0.4 is 0 Å². The van der Waals surface area contributed by atoms with E-state index in [0.717, 1.165) is 33.5 Å². The van der Waals surface area contributed by atoms with E-state index in [1.54, 1.807) is 25.2 Å². The molecule has 6 heteroatoms. The maximum atomic E-state index is 12.3. The van der Waals surface area contributed by atoms with Crippen molar-refractivity contribution in [2.75, 3.05) is 14.1 Å². The number of carbonyl (C=O) groups excluding carboxylic acids is 1. The van der Waals surface area contributed by atoms with Crippen molar-refractivity contribution in [1.29, 1.82) is 0 Å². The number of aromatic amines is 1. The molecule has 0 spiro atoms. The average Bonchev–Trinajstić information content (AvgIpc) is 3.11. The minimum absolute atomic E-state index is 0.0272. The molecule has 0 unspecified atom stereocenters. The Hall–Kier alpha value is -3.54. The summed E-state index contributed by atoms with van der Waals surface area (Å²) in [6.07, 6.45) is 3.60. The first-order valence-electron chi connectivity index (χ1n) is 8.62. The number of pyridine rings is 2. The summed E-state index contributed by atoms with van der Waals surface area (Å²) in [7, 11) is 3.49. The van der Waals surface area contributed by atoms with Crippen molar-refractivity contribution >= 4 is 16.9 Å². The van der Waals surface area contributed by atoms with Crippen molar-refractivity contribution in [2.45, 2.75) is 6.92 Å². The molecule has 0 radical (unpaired) electrons. The largest absolute Gasteiger partial charge is 0.345 e. The Balaban J connectivity index is 1.80. The molecule has 3 aromatic heterocycles. The van der Waals surface area contributed by atoms with Gasteiger partial charge in [-0.3, -0.25) is 14.9 Å². The van der Waals surface area contributed by atoms with E-state index in [1.165, 1.54) is 0 Å². The summed E-state index contributed by atoms with van der Waals surface area (Å²) in [5.74, 6) is -0.0272. The van der Waals surface area contributed by atoms with Crippen LogP contribution in [0.2, 0.25) is 0 Å². The zero-order valence-corrected chi connectivity index (χ0v) is 15.4. The van der Waals surface area contributed by atoms with Gasteiger partial charge in [0.2, 0.25) is 0 Å². The summed E-state index contributed by atoms with van der Waals surface area (Å²) in [5.41, 5.74) is 5.96. The highest BCUT2D eigenvalue weighted by Crippen LogP contribution is 2.29. The van der Waals surface area contributed by atoms with Crippen LogP contribution >= 0.6 is 0 Å². The van der Waals surface area contributed by atoms with Gasteiger partial charge in [0.05, 0.1) is 5.69 Å². The highest BCUT2D eigenvalue weighted by Gasteiger charge is 2.13. The molecule has 6 nitrogen and oxygen atoms in total. The number of amides is 1. The Morgan fingerprint density at radius 3 is 2.52 bits per heavy atom. The van der Waals surface area contributed by atoms with E-state index in [-0.39, 0.29) is 5.91 Å². The molecule has 3 heterocycles. The Morgan fingerprint density at radius 1 is 0.963 bits per heavy atom. The van der Waals surface area contributed by atoms with Gasteiger partial charge in [-0.05, 0) is 42.8 Å². The smallest absolute Gasteiger partial charge is 0.253 e. The summed E-state index contributed by atoms with van der Waals surface area (Å²) in [5, 5.41) is 8.27. The van der Waals surface area contributed by atoms with Crippen molar-refractivity contribution < 1.29 is 4.79 Å². The van der Waals surface area contributed by atoms with Gasteiger partial charge >= 0.3 is 0 Å². The second-order valence-electron chi connectivity index (χ2n) is 6.66. The van der Waals surface area contributed by atoms with Gasteiger partial charge in [0.1, 0.15) is 0 Å². The highest BCUT2D eigenvalue weighted by atomic mass is 16.2. The molecule has 1 amide bonds. The topological polar surface area (TPSA) is 74.8 Å². The summed E-state index contributed by atoms with van der Waals surface area (Å²) < 4.78 is 0. The van der Waals surface area contributed by atoms with E-state index in [9.17, 15) is 4.79 Å². The van der Waals surface area contributed by atoms with Crippen molar-refractivity contribution in [1.82, 2.24) is 25.1 Å². The van der Waals surface area contributed by atoms with E-state index in [4.69, 9.17) is 0 Å². The predicted octanol–water partition coefficient (Wildman–Crippen LogP) is 3.70. The first-order valence-corrected chi connectivity index (χ1v) is 8.62. The molecule has 27 heavy (non-hydrogen) atoms. The number of aryl methyl sites for hydroxylation is 1. The standard InChI is InChI=1S/C21H19N5O/c1-13-7-8-16(11-22-13)19-18-10-17(12-23-20(18)25-24-19)14-5-4-6-15(9-14)21(27)26(2)3/h4-12H,1-3H3,(H,23,24,25). The summed E-state index contributed by atoms with van der Waals surface area (Å²) in [6, 6.07) is 13.6. The van der Waals surface area contributed by atoms with E-state index >= 15 is 0 Å². The molecule has 4 rings (SSSR count). The Bertz CT molecular complexity index is 1130. The second-order valence-corrected chi connectivity index (χ2v) is 6.66. The minimum atomic E-state index is -0.0272. The number of H-pyrrole nitrogens is 1. The number of carbonyl (C=O) groups is 1. The van der Waals surface area contributed by atoms with Gasteiger partial charge in [0.25, 0.3) is 5.91 Å². The molecule has 0 bridgehead atoms. The molecular weight excluding hydrogens is 338 g/mol. The number of benzene rings is 1. The van der Waals surface area contributed by atoms with Gasteiger partial charge in [-0.25, -0.2) is 4.98 Å². The first kappa shape index (κ1) is 16.9. The van der Waals surface area contributed by atoms with Gasteiger partial charge < -0.3 is 4.90 Å². The van der Waals surface area contributed by atoms with Gasteiger partial charge in [0, 0.05) is 54.3 Å². The maximum Gasteiger partial charge on any atom is 0.253 e. The van der Waals surface area contributed by atoms with E-state index in [1.807, 2.05) is 55.6 Å². The number of nitrogens with zero attached hydrogens (tertiary/aromatic N) is 4. The molecule has 0 saturated heterocycles. The van der Waals surface area contributed by atoms with Crippen LogP contribution in [-0.2, 0) is 0 Å². The molecule has 0 fully saturated rings. The summed E-state index contributed by atoms with van der Waals surface area (Å²) in [6.45, 7) is 1.95. The average molecular weight is 357 g/mol. The van der Waals surface area contributed by atoms with Crippen LogP contribution in [0.1, 0.15) is 16.1 Å². The molecule has 0 aliphatic carbocycles. The first-order chi connectivity index (χ1) is 13.0. The minimum Gasteiger partial charge on any atom is -0.345 e. The third kappa shape index (κ3) is 3.17. The SMILES string of the molecule is Cc1ccc(-c2[nH]nc3ncc(-c4cccc(C(=O)N(C)C)c4)cc23)cn1. The lowest BCUT2D eigenvalue weighted by Gasteiger charge is -2.11. The summed E-state index contributed by atoms with van der Waals surface area (Å²) >= 11 is 0. The number of hydrogen-bond acceptors (Lipinski definition) is 4. The number of fused-ring (bicyclic) bond motifs is 1. The number of aromatic nitrogens is 4. The number of rotatable bonds is 3. The van der Waals surface area contributed by atoms with Gasteiger partial charge in [0.15, 0.2) is 5.65 Å². The molecule has 0 saturated carbocycles. The lowest BCUT2D eigenvalue weighted by molar-refractivity contribution is 0.0827. The number of hydrogen-bond donors (Lipinski definition) is 1. The fourth-order valence-corrected chi connectivity index (χ4v) is 2.98. The lowest BCUT2D eigenvalue weighted by Crippen LogP contribution is -2.21. The Morgan fingerprint density at radius 2 is 1.78 bits per heavy atom. The van der Waals surface area contributed by atoms with Crippen LogP contribution in [0.3, 0.4) is 0 Å². The third-order valence-electron chi connectivity index (χ3n) is 4.46. The summed E-state index contributed by atoms with van der Waals surface area (Å²) in [4.78, 5) is 22.7. The quantitative estimate of drug-likeness (QED) is 0.607. The van der Waals surface area contributed by atoms with Crippen molar-refractivity contribution in [2.24, 2.45) is 0 Å². The monoisotopic (exact) mass is 357 g/mol. The molecule has 134 valence electrons. The Kier molecular flexibility index (Phi) is 4.16. The van der Waals surface area contributed by atoms with Crippen molar-refractivity contribution in [3.63, 3.8) is 0 Å².